The van der Waals surface area contributed by atoms with E-state index >= 15 is 0 Å². The fraction of sp³-hybridized carbons (Fsp3) is 0.667. The van der Waals surface area contributed by atoms with Crippen molar-refractivity contribution < 1.29 is 14.3 Å². The largest absolute Gasteiger partial charge is 0.348 e. The van der Waals surface area contributed by atoms with E-state index in [4.69, 9.17) is 9.47 Å². The lowest BCUT2D eigenvalue weighted by atomic mass is 10.0. The number of likely N-dealkylation sites (tertiary alicyclic amines) is 1. The van der Waals surface area contributed by atoms with Gasteiger partial charge >= 0.3 is 0 Å². The number of aromatic nitrogens is 1. The van der Waals surface area contributed by atoms with Crippen LogP contribution in [-0.2, 0) is 16.0 Å². The van der Waals surface area contributed by atoms with Crippen LogP contribution in [0.1, 0.15) is 36.7 Å². The Labute approximate surface area is 133 Å². The van der Waals surface area contributed by atoms with Gasteiger partial charge in [0.1, 0.15) is 5.69 Å². The lowest BCUT2D eigenvalue weighted by Crippen LogP contribution is -2.50. The van der Waals surface area contributed by atoms with Crippen molar-refractivity contribution in [2.24, 2.45) is 0 Å². The summed E-state index contributed by atoms with van der Waals surface area (Å²) >= 11 is 3.46. The number of hydrogen-bond acceptors (Lipinski definition) is 3. The fourth-order valence-electron chi connectivity index (χ4n) is 3.15. The van der Waals surface area contributed by atoms with Crippen molar-refractivity contribution in [2.75, 3.05) is 19.8 Å². The number of carbonyl (C=O) groups is 1. The maximum Gasteiger partial charge on any atom is 0.270 e. The normalized spacial score (nSPS) is 23.7. The number of piperidine rings is 1. The number of amides is 1. The summed E-state index contributed by atoms with van der Waals surface area (Å²) in [6, 6.07) is 1.93. The van der Waals surface area contributed by atoms with Gasteiger partial charge in [-0.1, -0.05) is 0 Å². The van der Waals surface area contributed by atoms with Crippen molar-refractivity contribution in [1.29, 1.82) is 0 Å². The molecule has 21 heavy (non-hydrogen) atoms. The van der Waals surface area contributed by atoms with Gasteiger partial charge in [-0.05, 0) is 48.2 Å². The third-order valence-electron chi connectivity index (χ3n) is 4.19. The van der Waals surface area contributed by atoms with Crippen LogP contribution < -0.4 is 0 Å². The highest BCUT2D eigenvalue weighted by molar-refractivity contribution is 9.10. The van der Waals surface area contributed by atoms with Gasteiger partial charge in [0, 0.05) is 23.8 Å². The number of carbonyl (C=O) groups excluding carboxylic acids is 1. The van der Waals surface area contributed by atoms with Crippen molar-refractivity contribution in [1.82, 2.24) is 9.47 Å². The highest BCUT2D eigenvalue weighted by atomic mass is 79.9. The van der Waals surface area contributed by atoms with Crippen molar-refractivity contribution >= 4 is 21.8 Å². The van der Waals surface area contributed by atoms with Gasteiger partial charge in [-0.15, -0.1) is 0 Å². The maximum absolute atomic E-state index is 12.9. The molecular weight excluding hydrogens is 336 g/mol. The van der Waals surface area contributed by atoms with Gasteiger partial charge in [-0.2, -0.15) is 0 Å². The molecule has 3 rings (SSSR count). The van der Waals surface area contributed by atoms with Crippen LogP contribution >= 0.6 is 15.9 Å². The van der Waals surface area contributed by atoms with Gasteiger partial charge in [0.15, 0.2) is 6.29 Å². The van der Waals surface area contributed by atoms with E-state index < -0.39 is 0 Å². The Bertz CT molecular complexity index is 511. The van der Waals surface area contributed by atoms with Crippen LogP contribution in [0, 0.1) is 0 Å². The number of nitrogens with zero attached hydrogens (tertiary/aromatic N) is 2. The van der Waals surface area contributed by atoms with E-state index in [0.29, 0.717) is 13.2 Å². The minimum absolute atomic E-state index is 0.0349. The zero-order chi connectivity index (χ0) is 14.8. The molecule has 0 aromatic carbocycles. The quantitative estimate of drug-likeness (QED) is 0.835. The van der Waals surface area contributed by atoms with Gasteiger partial charge < -0.3 is 18.9 Å². The minimum atomic E-state index is -0.261. The van der Waals surface area contributed by atoms with E-state index in [9.17, 15) is 4.79 Å². The molecule has 2 aliphatic rings. The second-order valence-electron chi connectivity index (χ2n) is 5.50. The molecule has 3 heterocycles. The van der Waals surface area contributed by atoms with E-state index in [1.165, 1.54) is 0 Å². The standard InChI is InChI=1S/C15H21BrN2O3/c1-2-17-10-11(16)9-13(17)14(19)18-6-4-3-5-12(18)15-20-7-8-21-15/h9-10,12,15H,2-8H2,1H3. The molecule has 0 spiro atoms. The molecule has 6 heteroatoms. The molecule has 1 aromatic rings. The zero-order valence-electron chi connectivity index (χ0n) is 12.3. The number of ether oxygens (including phenoxy) is 2. The first-order valence-corrected chi connectivity index (χ1v) is 8.40. The molecule has 1 amide bonds. The monoisotopic (exact) mass is 356 g/mol. The molecule has 116 valence electrons. The number of hydrogen-bond donors (Lipinski definition) is 0. The van der Waals surface area contributed by atoms with Crippen molar-refractivity contribution in [3.05, 3.63) is 22.4 Å². The summed E-state index contributed by atoms with van der Waals surface area (Å²) in [6.45, 7) is 4.85. The molecular formula is C15H21BrN2O3. The summed E-state index contributed by atoms with van der Waals surface area (Å²) in [5, 5.41) is 0. The van der Waals surface area contributed by atoms with Crippen LogP contribution in [0.15, 0.2) is 16.7 Å². The molecule has 2 fully saturated rings. The Morgan fingerprint density at radius 2 is 2.14 bits per heavy atom. The van der Waals surface area contributed by atoms with Crippen molar-refractivity contribution in [2.45, 2.75) is 45.1 Å². The number of halogens is 1. The van der Waals surface area contributed by atoms with E-state index in [0.717, 1.165) is 42.5 Å². The fourth-order valence-corrected chi connectivity index (χ4v) is 3.62. The third kappa shape index (κ3) is 3.03. The molecule has 0 aliphatic carbocycles. The SMILES string of the molecule is CCn1cc(Br)cc1C(=O)N1CCCCC1C1OCCO1. The maximum atomic E-state index is 12.9. The third-order valence-corrected chi connectivity index (χ3v) is 4.63. The molecule has 0 N–H and O–H groups in total. The van der Waals surface area contributed by atoms with Crippen LogP contribution in [0.2, 0.25) is 0 Å². The van der Waals surface area contributed by atoms with Crippen LogP contribution in [0.25, 0.3) is 0 Å². The first-order chi connectivity index (χ1) is 10.2. The molecule has 1 unspecified atom stereocenters. The Balaban J connectivity index is 1.83. The summed E-state index contributed by atoms with van der Waals surface area (Å²) in [6.07, 6.45) is 4.81. The highest BCUT2D eigenvalue weighted by Crippen LogP contribution is 2.27. The van der Waals surface area contributed by atoms with E-state index in [1.807, 2.05) is 28.7 Å². The average Bonchev–Trinajstić information content (AvgIpc) is 3.15. The van der Waals surface area contributed by atoms with E-state index in [2.05, 4.69) is 15.9 Å². The first-order valence-electron chi connectivity index (χ1n) is 7.60. The summed E-state index contributed by atoms with van der Waals surface area (Å²) in [4.78, 5) is 14.9. The predicted molar refractivity (Wildman–Crippen MR) is 82.2 cm³/mol. The summed E-state index contributed by atoms with van der Waals surface area (Å²) in [5.74, 6) is 0.0753. The molecule has 2 aliphatic heterocycles. The van der Waals surface area contributed by atoms with Gasteiger partial charge in [0.05, 0.1) is 19.3 Å². The van der Waals surface area contributed by atoms with Crippen LogP contribution in [-0.4, -0.2) is 47.5 Å². The minimum Gasteiger partial charge on any atom is -0.348 e. The molecule has 0 saturated carbocycles. The van der Waals surface area contributed by atoms with Gasteiger partial charge in [0.2, 0.25) is 0 Å². The molecule has 5 nitrogen and oxygen atoms in total. The Kier molecular flexibility index (Phi) is 4.66. The molecule has 1 aromatic heterocycles. The van der Waals surface area contributed by atoms with Gasteiger partial charge in [0.25, 0.3) is 5.91 Å². The van der Waals surface area contributed by atoms with Crippen molar-refractivity contribution in [3.8, 4) is 0 Å². The zero-order valence-corrected chi connectivity index (χ0v) is 13.8. The van der Waals surface area contributed by atoms with Crippen molar-refractivity contribution in [3.63, 3.8) is 0 Å². The first kappa shape index (κ1) is 15.1. The average molecular weight is 357 g/mol. The molecule has 0 radical (unpaired) electrons. The number of aryl methyl sites for hydroxylation is 1. The smallest absolute Gasteiger partial charge is 0.270 e. The lowest BCUT2D eigenvalue weighted by molar-refractivity contribution is -0.100. The highest BCUT2D eigenvalue weighted by Gasteiger charge is 2.37. The molecule has 1 atom stereocenters. The van der Waals surface area contributed by atoms with E-state index in [-0.39, 0.29) is 18.2 Å². The topological polar surface area (TPSA) is 43.7 Å². The second kappa shape index (κ2) is 6.50. The Morgan fingerprint density at radius 3 is 2.86 bits per heavy atom. The Morgan fingerprint density at radius 1 is 1.38 bits per heavy atom. The number of rotatable bonds is 3. The summed E-state index contributed by atoms with van der Waals surface area (Å²) in [7, 11) is 0. The predicted octanol–water partition coefficient (Wildman–Crippen LogP) is 2.64. The lowest BCUT2D eigenvalue weighted by Gasteiger charge is -2.38. The van der Waals surface area contributed by atoms with E-state index in [1.54, 1.807) is 0 Å². The summed E-state index contributed by atoms with van der Waals surface area (Å²) < 4.78 is 14.2. The van der Waals surface area contributed by atoms with Gasteiger partial charge in [-0.3, -0.25) is 4.79 Å². The molecule has 0 bridgehead atoms. The molecule has 2 saturated heterocycles. The van der Waals surface area contributed by atoms with Crippen LogP contribution in [0.4, 0.5) is 0 Å². The van der Waals surface area contributed by atoms with Crippen LogP contribution in [0.5, 0.6) is 0 Å². The second-order valence-corrected chi connectivity index (χ2v) is 6.42. The summed E-state index contributed by atoms with van der Waals surface area (Å²) in [5.41, 5.74) is 0.731. The van der Waals surface area contributed by atoms with Crippen LogP contribution in [0.3, 0.4) is 0 Å². The van der Waals surface area contributed by atoms with Gasteiger partial charge in [-0.25, -0.2) is 0 Å². The Hall–Kier alpha value is -0.850.